The first kappa shape index (κ1) is 21.0. The van der Waals surface area contributed by atoms with E-state index < -0.39 is 24.6 Å². The molecule has 0 bridgehead atoms. The highest BCUT2D eigenvalue weighted by molar-refractivity contribution is 6.03. The topological polar surface area (TPSA) is 102 Å². The Balaban J connectivity index is 1.75. The van der Waals surface area contributed by atoms with Crippen molar-refractivity contribution >= 4 is 23.2 Å². The summed E-state index contributed by atoms with van der Waals surface area (Å²) >= 11 is 0. The van der Waals surface area contributed by atoms with Crippen LogP contribution in [0.2, 0.25) is 0 Å². The second-order valence-corrected chi connectivity index (χ2v) is 6.31. The van der Waals surface area contributed by atoms with Crippen LogP contribution >= 0.6 is 0 Å². The molecule has 2 aromatic heterocycles. The van der Waals surface area contributed by atoms with Crippen LogP contribution in [0.15, 0.2) is 43.0 Å². The van der Waals surface area contributed by atoms with Crippen molar-refractivity contribution in [3.63, 3.8) is 0 Å². The Labute approximate surface area is 169 Å². The van der Waals surface area contributed by atoms with Crippen LogP contribution < -0.4 is 15.4 Å². The van der Waals surface area contributed by atoms with E-state index in [4.69, 9.17) is 0 Å². The zero-order chi connectivity index (χ0) is 21.7. The predicted molar refractivity (Wildman–Crippen MR) is 103 cm³/mol. The van der Waals surface area contributed by atoms with Crippen molar-refractivity contribution in [3.8, 4) is 5.88 Å². The van der Waals surface area contributed by atoms with E-state index in [1.807, 2.05) is 32.0 Å². The van der Waals surface area contributed by atoms with E-state index in [0.717, 1.165) is 29.3 Å². The van der Waals surface area contributed by atoms with Crippen molar-refractivity contribution in [1.29, 1.82) is 0 Å². The standard InChI is InChI=1S/C19H17F3N6O2/c1-11-3-4-13(12(2)7-11)27-18-24-6-5-14(28-18)16(29)26-15-8-23-10-25-17(15)30-9-19(20,21)22/h3-8,10H,9H2,1-2H3,(H,26,29)(H,24,27,28). The average Bonchev–Trinajstić information content (AvgIpc) is 2.69. The highest BCUT2D eigenvalue weighted by Crippen LogP contribution is 2.24. The summed E-state index contributed by atoms with van der Waals surface area (Å²) in [6, 6.07) is 7.13. The summed E-state index contributed by atoms with van der Waals surface area (Å²) in [7, 11) is 0. The zero-order valence-electron chi connectivity index (χ0n) is 16.0. The normalized spacial score (nSPS) is 11.1. The van der Waals surface area contributed by atoms with Gasteiger partial charge < -0.3 is 15.4 Å². The van der Waals surface area contributed by atoms with Gasteiger partial charge in [0, 0.05) is 11.9 Å². The lowest BCUT2D eigenvalue weighted by Crippen LogP contribution is -2.21. The highest BCUT2D eigenvalue weighted by atomic mass is 19.4. The van der Waals surface area contributed by atoms with Crippen LogP contribution in [0.25, 0.3) is 0 Å². The fourth-order valence-corrected chi connectivity index (χ4v) is 2.48. The van der Waals surface area contributed by atoms with E-state index in [1.54, 1.807) is 0 Å². The van der Waals surface area contributed by atoms with Crippen LogP contribution in [-0.4, -0.2) is 38.6 Å². The van der Waals surface area contributed by atoms with E-state index in [2.05, 4.69) is 35.3 Å². The third-order valence-corrected chi connectivity index (χ3v) is 3.81. The van der Waals surface area contributed by atoms with Gasteiger partial charge in [-0.25, -0.2) is 15.0 Å². The molecule has 2 N–H and O–H groups in total. The molecule has 0 saturated carbocycles. The lowest BCUT2D eigenvalue weighted by molar-refractivity contribution is -0.153. The number of aryl methyl sites for hydroxylation is 2. The van der Waals surface area contributed by atoms with Gasteiger partial charge in [0.05, 0.1) is 6.20 Å². The highest BCUT2D eigenvalue weighted by Gasteiger charge is 2.29. The van der Waals surface area contributed by atoms with Gasteiger partial charge in [0.1, 0.15) is 17.7 Å². The molecule has 0 aliphatic rings. The lowest BCUT2D eigenvalue weighted by Gasteiger charge is -2.12. The molecule has 0 aliphatic carbocycles. The molecule has 3 aromatic rings. The molecule has 2 heterocycles. The van der Waals surface area contributed by atoms with Crippen molar-refractivity contribution < 1.29 is 22.7 Å². The number of carbonyl (C=O) groups excluding carboxylic acids is 1. The van der Waals surface area contributed by atoms with Crippen molar-refractivity contribution in [3.05, 3.63) is 59.8 Å². The number of anilines is 3. The molecule has 1 amide bonds. The summed E-state index contributed by atoms with van der Waals surface area (Å²) in [6.07, 6.45) is -1.02. The summed E-state index contributed by atoms with van der Waals surface area (Å²) < 4.78 is 41.8. The molecule has 156 valence electrons. The van der Waals surface area contributed by atoms with Crippen molar-refractivity contribution in [2.45, 2.75) is 20.0 Å². The Hall–Kier alpha value is -3.76. The van der Waals surface area contributed by atoms with Crippen LogP contribution in [0.3, 0.4) is 0 Å². The molecule has 0 radical (unpaired) electrons. The monoisotopic (exact) mass is 418 g/mol. The largest absolute Gasteiger partial charge is 0.466 e. The average molecular weight is 418 g/mol. The number of halogens is 3. The van der Waals surface area contributed by atoms with E-state index in [1.165, 1.54) is 12.3 Å². The van der Waals surface area contributed by atoms with Crippen LogP contribution in [0, 0.1) is 13.8 Å². The quantitative estimate of drug-likeness (QED) is 0.627. The molecule has 0 saturated heterocycles. The van der Waals surface area contributed by atoms with Gasteiger partial charge in [-0.2, -0.15) is 18.2 Å². The lowest BCUT2D eigenvalue weighted by atomic mass is 10.1. The predicted octanol–water partition coefficient (Wildman–Crippen LogP) is 3.82. The van der Waals surface area contributed by atoms with E-state index in [0.29, 0.717) is 0 Å². The van der Waals surface area contributed by atoms with Gasteiger partial charge in [-0.05, 0) is 31.5 Å². The second kappa shape index (κ2) is 8.72. The van der Waals surface area contributed by atoms with E-state index in [-0.39, 0.29) is 17.3 Å². The van der Waals surface area contributed by atoms with Crippen LogP contribution in [0.1, 0.15) is 21.6 Å². The summed E-state index contributed by atoms with van der Waals surface area (Å²) in [6.45, 7) is 2.34. The molecule has 1 aromatic carbocycles. The summed E-state index contributed by atoms with van der Waals surface area (Å²) in [5.74, 6) is -0.904. The third kappa shape index (κ3) is 5.63. The van der Waals surface area contributed by atoms with Gasteiger partial charge in [0.2, 0.25) is 11.8 Å². The molecule has 30 heavy (non-hydrogen) atoms. The number of hydrogen-bond acceptors (Lipinski definition) is 7. The first-order valence-corrected chi connectivity index (χ1v) is 8.69. The van der Waals surface area contributed by atoms with Crippen molar-refractivity contribution in [1.82, 2.24) is 19.9 Å². The second-order valence-electron chi connectivity index (χ2n) is 6.31. The molecule has 0 atom stereocenters. The van der Waals surface area contributed by atoms with Crippen LogP contribution in [-0.2, 0) is 0 Å². The van der Waals surface area contributed by atoms with E-state index in [9.17, 15) is 18.0 Å². The number of aromatic nitrogens is 4. The van der Waals surface area contributed by atoms with Crippen LogP contribution in [0.4, 0.5) is 30.5 Å². The minimum Gasteiger partial charge on any atom is -0.466 e. The summed E-state index contributed by atoms with van der Waals surface area (Å²) in [5.41, 5.74) is 2.72. The molecule has 0 aliphatic heterocycles. The van der Waals surface area contributed by atoms with Gasteiger partial charge in [0.15, 0.2) is 6.61 Å². The Morgan fingerprint density at radius 3 is 2.67 bits per heavy atom. The smallest absolute Gasteiger partial charge is 0.422 e. The van der Waals surface area contributed by atoms with Gasteiger partial charge in [0.25, 0.3) is 5.91 Å². The number of hydrogen-bond donors (Lipinski definition) is 2. The number of nitrogens with zero attached hydrogens (tertiary/aromatic N) is 4. The summed E-state index contributed by atoms with van der Waals surface area (Å²) in [5, 5.41) is 5.43. The Morgan fingerprint density at radius 2 is 1.93 bits per heavy atom. The fraction of sp³-hybridized carbons (Fsp3) is 0.211. The number of carbonyl (C=O) groups is 1. The first-order chi connectivity index (χ1) is 14.2. The number of alkyl halides is 3. The molecule has 0 fully saturated rings. The first-order valence-electron chi connectivity index (χ1n) is 8.69. The number of amides is 1. The van der Waals surface area contributed by atoms with Crippen LogP contribution in [0.5, 0.6) is 5.88 Å². The zero-order valence-corrected chi connectivity index (χ0v) is 16.0. The molecule has 8 nitrogen and oxygen atoms in total. The summed E-state index contributed by atoms with van der Waals surface area (Å²) in [4.78, 5) is 28.1. The number of nitrogens with one attached hydrogen (secondary N) is 2. The molecule has 11 heteroatoms. The molecular weight excluding hydrogens is 401 g/mol. The molecule has 0 unspecified atom stereocenters. The Morgan fingerprint density at radius 1 is 1.13 bits per heavy atom. The Kier molecular flexibility index (Phi) is 6.09. The maximum atomic E-state index is 12.5. The Bertz CT molecular complexity index is 1060. The molecular formula is C19H17F3N6O2. The van der Waals surface area contributed by atoms with Crippen molar-refractivity contribution in [2.75, 3.05) is 17.2 Å². The number of benzene rings is 1. The van der Waals surface area contributed by atoms with Gasteiger partial charge >= 0.3 is 6.18 Å². The SMILES string of the molecule is Cc1ccc(Nc2nccc(C(=O)Nc3cncnc3OCC(F)(F)F)n2)c(C)c1. The number of rotatable bonds is 6. The van der Waals surface area contributed by atoms with E-state index >= 15 is 0 Å². The maximum absolute atomic E-state index is 12.5. The minimum absolute atomic E-state index is 0.0112. The number of ether oxygens (including phenoxy) is 1. The molecule has 0 spiro atoms. The third-order valence-electron chi connectivity index (χ3n) is 3.81. The van der Waals surface area contributed by atoms with Gasteiger partial charge in [-0.1, -0.05) is 17.7 Å². The van der Waals surface area contributed by atoms with Crippen molar-refractivity contribution in [2.24, 2.45) is 0 Å². The molecule has 3 rings (SSSR count). The maximum Gasteiger partial charge on any atom is 0.422 e. The fourth-order valence-electron chi connectivity index (χ4n) is 2.48. The van der Waals surface area contributed by atoms with Gasteiger partial charge in [-0.3, -0.25) is 4.79 Å². The minimum atomic E-state index is -4.55. The van der Waals surface area contributed by atoms with Gasteiger partial charge in [-0.15, -0.1) is 0 Å².